The molecule has 1 N–H and O–H groups in total. The first-order chi connectivity index (χ1) is 19.5. The van der Waals surface area contributed by atoms with Crippen LogP contribution in [0.5, 0.6) is 0 Å². The molecule has 0 unspecified atom stereocenters. The fourth-order valence-corrected chi connectivity index (χ4v) is 8.18. The Bertz CT molecular complexity index is 1440. The van der Waals surface area contributed by atoms with Crippen LogP contribution >= 0.6 is 22.7 Å². The molecule has 1 saturated carbocycles. The van der Waals surface area contributed by atoms with E-state index in [1.807, 2.05) is 35.3 Å². The van der Waals surface area contributed by atoms with E-state index in [-0.39, 0.29) is 6.10 Å². The largest absolute Gasteiger partial charge is 0.460 e. The number of ether oxygens (including phenoxy) is 1. The van der Waals surface area contributed by atoms with Crippen molar-refractivity contribution >= 4 is 46.0 Å². The van der Waals surface area contributed by atoms with Gasteiger partial charge in [0.25, 0.3) is 0 Å². The highest BCUT2D eigenvalue weighted by Crippen LogP contribution is 2.38. The zero-order chi connectivity index (χ0) is 27.7. The van der Waals surface area contributed by atoms with Crippen LogP contribution < -0.4 is 0 Å². The Morgan fingerprint density at radius 3 is 2.50 bits per heavy atom. The molecule has 3 aromatic heterocycles. The molecule has 0 bridgehead atoms. The number of benzene rings is 1. The first-order valence-electron chi connectivity index (χ1n) is 14.2. The second-order valence-corrected chi connectivity index (χ2v) is 12.9. The van der Waals surface area contributed by atoms with E-state index in [9.17, 15) is 14.7 Å². The monoisotopic (exact) mass is 577 g/mol. The number of fused-ring (bicyclic) bond motifs is 3. The Balaban J connectivity index is 1.02. The Labute approximate surface area is 242 Å². The smallest absolute Gasteiger partial charge is 0.349 e. The van der Waals surface area contributed by atoms with Gasteiger partial charge < -0.3 is 19.3 Å². The predicted molar refractivity (Wildman–Crippen MR) is 158 cm³/mol. The van der Waals surface area contributed by atoms with Crippen LogP contribution in [0.15, 0.2) is 47.4 Å². The molecule has 0 radical (unpaired) electrons. The number of imidazole rings is 1. The fraction of sp³-hybridized carbons (Fsp3) is 0.452. The zero-order valence-electron chi connectivity index (χ0n) is 22.8. The van der Waals surface area contributed by atoms with Crippen LogP contribution in [-0.4, -0.2) is 57.6 Å². The first-order valence-corrected chi connectivity index (χ1v) is 15.9. The SMILES string of the molecule is CN(CCCn1cnc2cc(C=O)c3c(c21)CCC3)[C@H]1CC[C@H](OC(=O)C(O)(c2cccs2)c2cccs2)CC1. The summed E-state index contributed by atoms with van der Waals surface area (Å²) in [6.07, 6.45) is 10.3. The van der Waals surface area contributed by atoms with Crippen molar-refractivity contribution < 1.29 is 19.4 Å². The summed E-state index contributed by atoms with van der Waals surface area (Å²) >= 11 is 2.73. The third-order valence-corrected chi connectivity index (χ3v) is 10.6. The highest BCUT2D eigenvalue weighted by Gasteiger charge is 2.45. The molecule has 1 aromatic carbocycles. The lowest BCUT2D eigenvalue weighted by molar-refractivity contribution is -0.169. The highest BCUT2D eigenvalue weighted by molar-refractivity contribution is 7.12. The topological polar surface area (TPSA) is 84.7 Å². The third kappa shape index (κ3) is 5.04. The van der Waals surface area contributed by atoms with Crippen molar-refractivity contribution in [3.63, 3.8) is 0 Å². The number of nitrogens with zero attached hydrogens (tertiary/aromatic N) is 3. The van der Waals surface area contributed by atoms with Crippen molar-refractivity contribution in [1.29, 1.82) is 0 Å². The molecule has 1 fully saturated rings. The summed E-state index contributed by atoms with van der Waals surface area (Å²) in [5.74, 6) is -0.575. The van der Waals surface area contributed by atoms with Crippen LogP contribution in [0.2, 0.25) is 0 Å². The molecule has 0 amide bonds. The van der Waals surface area contributed by atoms with Gasteiger partial charge in [0.2, 0.25) is 5.60 Å². The third-order valence-electron chi connectivity index (χ3n) is 8.64. The summed E-state index contributed by atoms with van der Waals surface area (Å²) in [4.78, 5) is 33.1. The average Bonchev–Trinajstić information content (AvgIpc) is 3.79. The summed E-state index contributed by atoms with van der Waals surface area (Å²) in [6, 6.07) is 9.67. The maximum atomic E-state index is 13.3. The standard InChI is InChI=1S/C31H35N3O4S2/c1-33(14-5-15-34-20-32-26-18-21(19-35)24-6-2-7-25(24)29(26)34)22-10-12-23(13-11-22)38-30(36)31(37,27-8-3-16-39-27)28-9-4-17-40-28/h3-4,8-9,16-20,22-23,37H,2,5-7,10-15H2,1H3/t22-,23-. The molecule has 0 aliphatic heterocycles. The Kier molecular flexibility index (Phi) is 7.90. The molecule has 3 heterocycles. The lowest BCUT2D eigenvalue weighted by Crippen LogP contribution is -2.42. The quantitative estimate of drug-likeness (QED) is 0.196. The fourth-order valence-electron chi connectivity index (χ4n) is 6.47. The van der Waals surface area contributed by atoms with Gasteiger partial charge in [-0.25, -0.2) is 9.78 Å². The van der Waals surface area contributed by atoms with Crippen molar-refractivity contribution in [2.75, 3.05) is 13.6 Å². The van der Waals surface area contributed by atoms with E-state index < -0.39 is 11.6 Å². The summed E-state index contributed by atoms with van der Waals surface area (Å²) in [6.45, 7) is 1.87. The minimum absolute atomic E-state index is 0.181. The van der Waals surface area contributed by atoms with Crippen molar-refractivity contribution in [3.8, 4) is 0 Å². The highest BCUT2D eigenvalue weighted by atomic mass is 32.1. The van der Waals surface area contributed by atoms with Crippen molar-refractivity contribution in [3.05, 3.63) is 73.9 Å². The van der Waals surface area contributed by atoms with E-state index in [0.29, 0.717) is 15.8 Å². The molecule has 2 aliphatic carbocycles. The Hall–Kier alpha value is -2.85. The van der Waals surface area contributed by atoms with Gasteiger partial charge in [-0.05, 0) is 105 Å². The number of aliphatic hydroxyl groups is 1. The second kappa shape index (κ2) is 11.6. The second-order valence-electron chi connectivity index (χ2n) is 11.0. The van der Waals surface area contributed by atoms with E-state index in [2.05, 4.69) is 21.5 Å². The van der Waals surface area contributed by atoms with E-state index in [0.717, 1.165) is 81.8 Å². The molecular weight excluding hydrogens is 542 g/mol. The number of aryl methyl sites for hydroxylation is 2. The van der Waals surface area contributed by atoms with Gasteiger partial charge in [0.05, 0.1) is 27.1 Å². The number of rotatable bonds is 10. The van der Waals surface area contributed by atoms with Crippen LogP contribution in [-0.2, 0) is 34.5 Å². The molecule has 9 heteroatoms. The number of hydrogen-bond donors (Lipinski definition) is 1. The van der Waals surface area contributed by atoms with Gasteiger partial charge in [0, 0.05) is 18.2 Å². The molecular formula is C31H35N3O4S2. The Morgan fingerprint density at radius 1 is 1.15 bits per heavy atom. The van der Waals surface area contributed by atoms with Crippen molar-refractivity contribution in [2.24, 2.45) is 0 Å². The summed E-state index contributed by atoms with van der Waals surface area (Å²) in [5, 5.41) is 15.2. The maximum Gasteiger partial charge on any atom is 0.349 e. The number of thiophene rings is 2. The minimum Gasteiger partial charge on any atom is -0.460 e. The number of carbonyl (C=O) groups excluding carboxylic acids is 2. The number of aromatic nitrogens is 2. The summed E-state index contributed by atoms with van der Waals surface area (Å²) < 4.78 is 8.19. The number of aldehydes is 1. The van der Waals surface area contributed by atoms with Crippen molar-refractivity contribution in [2.45, 2.75) is 75.7 Å². The number of esters is 1. The van der Waals surface area contributed by atoms with Gasteiger partial charge in [-0.1, -0.05) is 12.1 Å². The average molecular weight is 578 g/mol. The molecule has 210 valence electrons. The molecule has 2 aliphatic rings. The van der Waals surface area contributed by atoms with Crippen LogP contribution in [0.3, 0.4) is 0 Å². The first kappa shape index (κ1) is 27.3. The zero-order valence-corrected chi connectivity index (χ0v) is 24.4. The lowest BCUT2D eigenvalue weighted by Gasteiger charge is -2.35. The molecule has 0 spiro atoms. The van der Waals surface area contributed by atoms with Crippen molar-refractivity contribution in [1.82, 2.24) is 14.5 Å². The number of hydrogen-bond acceptors (Lipinski definition) is 8. The van der Waals surface area contributed by atoms with Gasteiger partial charge in [-0.2, -0.15) is 0 Å². The molecule has 0 atom stereocenters. The van der Waals surface area contributed by atoms with E-state index >= 15 is 0 Å². The molecule has 0 saturated heterocycles. The van der Waals surface area contributed by atoms with E-state index in [1.165, 1.54) is 39.3 Å². The van der Waals surface area contributed by atoms with Gasteiger partial charge >= 0.3 is 5.97 Å². The van der Waals surface area contributed by atoms with Gasteiger partial charge in [0.1, 0.15) is 12.4 Å². The normalized spacial score (nSPS) is 19.3. The van der Waals surface area contributed by atoms with Crippen LogP contribution in [0, 0.1) is 0 Å². The minimum atomic E-state index is -1.75. The summed E-state index contributed by atoms with van der Waals surface area (Å²) in [5.41, 5.74) is 3.70. The van der Waals surface area contributed by atoms with Gasteiger partial charge in [-0.15, -0.1) is 22.7 Å². The van der Waals surface area contributed by atoms with Gasteiger partial charge in [-0.3, -0.25) is 4.79 Å². The number of carbonyl (C=O) groups is 2. The maximum absolute atomic E-state index is 13.3. The van der Waals surface area contributed by atoms with E-state index in [1.54, 1.807) is 12.1 Å². The lowest BCUT2D eigenvalue weighted by atomic mass is 9.91. The Morgan fingerprint density at radius 2 is 1.85 bits per heavy atom. The van der Waals surface area contributed by atoms with E-state index in [4.69, 9.17) is 4.74 Å². The van der Waals surface area contributed by atoms with Crippen LogP contribution in [0.1, 0.15) is 69.8 Å². The predicted octanol–water partition coefficient (Wildman–Crippen LogP) is 5.57. The molecule has 40 heavy (non-hydrogen) atoms. The van der Waals surface area contributed by atoms with Crippen LogP contribution in [0.25, 0.3) is 11.0 Å². The summed E-state index contributed by atoms with van der Waals surface area (Å²) in [7, 11) is 2.18. The van der Waals surface area contributed by atoms with Crippen LogP contribution in [0.4, 0.5) is 0 Å². The molecule has 4 aromatic rings. The van der Waals surface area contributed by atoms with Gasteiger partial charge in [0.15, 0.2) is 0 Å². The molecule has 6 rings (SSSR count). The molecule has 7 nitrogen and oxygen atoms in total.